The molecule has 2 aliphatic heterocycles. The molecule has 2 unspecified atom stereocenters. The highest BCUT2D eigenvalue weighted by molar-refractivity contribution is 7.99. The van der Waals surface area contributed by atoms with Crippen molar-refractivity contribution in [3.63, 3.8) is 0 Å². The highest BCUT2D eigenvalue weighted by Crippen LogP contribution is 2.33. The van der Waals surface area contributed by atoms with Crippen molar-refractivity contribution in [1.82, 2.24) is 30.4 Å². The molecule has 30 heavy (non-hydrogen) atoms. The fourth-order valence-corrected chi connectivity index (χ4v) is 5.63. The molecular formula is C20H27ClN6O2S. The summed E-state index contributed by atoms with van der Waals surface area (Å²) in [6, 6.07) is 6.76. The number of rotatable bonds is 7. The molecule has 0 radical (unpaired) electrons. The Bertz CT molecular complexity index is 849. The summed E-state index contributed by atoms with van der Waals surface area (Å²) in [5.41, 5.74) is 0.822. The van der Waals surface area contributed by atoms with E-state index in [2.05, 4.69) is 25.6 Å². The fourth-order valence-electron chi connectivity index (χ4n) is 4.03. The van der Waals surface area contributed by atoms with E-state index >= 15 is 0 Å². The fraction of sp³-hybridized carbons (Fsp3) is 0.600. The molecule has 1 aromatic carbocycles. The maximum Gasteiger partial charge on any atom is 0.246 e. The Morgan fingerprint density at radius 3 is 2.77 bits per heavy atom. The van der Waals surface area contributed by atoms with Crippen LogP contribution in [-0.4, -0.2) is 80.9 Å². The summed E-state index contributed by atoms with van der Waals surface area (Å²) in [4.78, 5) is 17.0. The standard InChI is InChI=1S/C20H27ClN6O2S/c1-2-17(27-24-18(23-25-27)15-3-5-16(21)6-4-15)19(28)22-13-20(7-12-30-14-20)26-8-10-29-11-9-26/h3-6,17H,2,7-14H2,1H3,(H,22,28). The van der Waals surface area contributed by atoms with E-state index in [1.54, 1.807) is 12.1 Å². The summed E-state index contributed by atoms with van der Waals surface area (Å²) >= 11 is 7.90. The van der Waals surface area contributed by atoms with Crippen molar-refractivity contribution in [2.24, 2.45) is 0 Å². The SMILES string of the molecule is CCC(C(=O)NCC1(N2CCOCC2)CCSC1)n1nnc(-c2ccc(Cl)cc2)n1. The number of aromatic nitrogens is 4. The van der Waals surface area contributed by atoms with Crippen LogP contribution < -0.4 is 5.32 Å². The van der Waals surface area contributed by atoms with Crippen LogP contribution >= 0.6 is 23.4 Å². The number of hydrogen-bond donors (Lipinski definition) is 1. The number of carbonyl (C=O) groups is 1. The minimum Gasteiger partial charge on any atom is -0.379 e. The van der Waals surface area contributed by atoms with Gasteiger partial charge in [-0.15, -0.1) is 10.2 Å². The van der Waals surface area contributed by atoms with Crippen molar-refractivity contribution in [3.05, 3.63) is 29.3 Å². The lowest BCUT2D eigenvalue weighted by atomic mass is 9.95. The third-order valence-electron chi connectivity index (χ3n) is 5.85. The number of amides is 1. The zero-order valence-electron chi connectivity index (χ0n) is 17.1. The zero-order chi connectivity index (χ0) is 21.0. The first-order valence-corrected chi connectivity index (χ1v) is 11.9. The number of ether oxygens (including phenoxy) is 1. The van der Waals surface area contributed by atoms with Crippen LogP contribution in [0.5, 0.6) is 0 Å². The quantitative estimate of drug-likeness (QED) is 0.692. The molecule has 0 bridgehead atoms. The topological polar surface area (TPSA) is 85.2 Å². The van der Waals surface area contributed by atoms with Crippen molar-refractivity contribution < 1.29 is 9.53 Å². The maximum atomic E-state index is 13.0. The summed E-state index contributed by atoms with van der Waals surface area (Å²) in [6.45, 7) is 5.95. The first kappa shape index (κ1) is 21.5. The van der Waals surface area contributed by atoms with Gasteiger partial charge in [-0.2, -0.15) is 16.6 Å². The Morgan fingerprint density at radius 1 is 1.33 bits per heavy atom. The van der Waals surface area contributed by atoms with Crippen molar-refractivity contribution in [1.29, 1.82) is 0 Å². The van der Waals surface area contributed by atoms with Gasteiger partial charge in [-0.25, -0.2) is 0 Å². The molecule has 4 rings (SSSR count). The van der Waals surface area contributed by atoms with Gasteiger partial charge in [0, 0.05) is 41.5 Å². The van der Waals surface area contributed by atoms with Crippen molar-refractivity contribution in [3.8, 4) is 11.4 Å². The third kappa shape index (κ3) is 4.64. The predicted octanol–water partition coefficient (Wildman–Crippen LogP) is 2.27. The Balaban J connectivity index is 1.43. The van der Waals surface area contributed by atoms with Crippen LogP contribution in [0.2, 0.25) is 5.02 Å². The summed E-state index contributed by atoms with van der Waals surface area (Å²) in [6.07, 6.45) is 1.67. The van der Waals surface area contributed by atoms with Gasteiger partial charge in [0.15, 0.2) is 6.04 Å². The lowest BCUT2D eigenvalue weighted by Crippen LogP contribution is -2.59. The first-order chi connectivity index (χ1) is 14.6. The van der Waals surface area contributed by atoms with Gasteiger partial charge in [0.2, 0.25) is 11.7 Å². The number of halogens is 1. The van der Waals surface area contributed by atoms with E-state index in [0.29, 0.717) is 23.8 Å². The van der Waals surface area contributed by atoms with Gasteiger partial charge >= 0.3 is 0 Å². The monoisotopic (exact) mass is 450 g/mol. The minimum absolute atomic E-state index is 0.00661. The van der Waals surface area contributed by atoms with Gasteiger partial charge in [0.1, 0.15) is 0 Å². The normalized spacial score (nSPS) is 23.4. The molecule has 0 spiro atoms. The average molecular weight is 451 g/mol. The molecule has 2 aliphatic rings. The van der Waals surface area contributed by atoms with Crippen LogP contribution in [0.3, 0.4) is 0 Å². The second-order valence-corrected chi connectivity index (χ2v) is 9.25. The van der Waals surface area contributed by atoms with E-state index < -0.39 is 6.04 Å². The van der Waals surface area contributed by atoms with Gasteiger partial charge in [0.25, 0.3) is 0 Å². The van der Waals surface area contributed by atoms with E-state index in [9.17, 15) is 4.79 Å². The molecule has 3 heterocycles. The average Bonchev–Trinajstić information content (AvgIpc) is 3.45. The summed E-state index contributed by atoms with van der Waals surface area (Å²) in [5.74, 6) is 2.57. The second-order valence-electron chi connectivity index (χ2n) is 7.71. The molecule has 1 N–H and O–H groups in total. The molecule has 1 aromatic heterocycles. The van der Waals surface area contributed by atoms with Crippen molar-refractivity contribution in [2.45, 2.75) is 31.3 Å². The zero-order valence-corrected chi connectivity index (χ0v) is 18.7. The predicted molar refractivity (Wildman–Crippen MR) is 118 cm³/mol. The summed E-state index contributed by atoms with van der Waals surface area (Å²) < 4.78 is 5.52. The Labute approximate surface area is 185 Å². The molecule has 10 heteroatoms. The van der Waals surface area contributed by atoms with E-state index in [1.165, 1.54) is 4.80 Å². The number of carbonyl (C=O) groups excluding carboxylic acids is 1. The largest absolute Gasteiger partial charge is 0.379 e. The molecule has 162 valence electrons. The van der Waals surface area contributed by atoms with E-state index in [-0.39, 0.29) is 11.4 Å². The van der Waals surface area contributed by atoms with E-state index in [4.69, 9.17) is 16.3 Å². The van der Waals surface area contributed by atoms with Crippen molar-refractivity contribution >= 4 is 29.3 Å². The van der Waals surface area contributed by atoms with Gasteiger partial charge in [-0.05, 0) is 48.1 Å². The number of benzene rings is 1. The number of thioether (sulfide) groups is 1. The van der Waals surface area contributed by atoms with Crippen LogP contribution in [0.15, 0.2) is 24.3 Å². The Kier molecular flexibility index (Phi) is 6.92. The van der Waals surface area contributed by atoms with E-state index in [1.807, 2.05) is 30.8 Å². The van der Waals surface area contributed by atoms with Crippen LogP contribution in [0.25, 0.3) is 11.4 Å². The van der Waals surface area contributed by atoms with Gasteiger partial charge < -0.3 is 10.1 Å². The van der Waals surface area contributed by atoms with Gasteiger partial charge in [-0.3, -0.25) is 9.69 Å². The number of tetrazole rings is 1. The maximum absolute atomic E-state index is 13.0. The molecule has 2 aromatic rings. The lowest BCUT2D eigenvalue weighted by Gasteiger charge is -2.43. The second kappa shape index (κ2) is 9.64. The number of hydrogen-bond acceptors (Lipinski definition) is 7. The Hall–Kier alpha value is -1.68. The number of nitrogens with one attached hydrogen (secondary N) is 1. The molecule has 8 nitrogen and oxygen atoms in total. The number of morpholine rings is 1. The molecule has 2 atom stereocenters. The molecule has 0 aliphatic carbocycles. The van der Waals surface area contributed by atoms with Crippen molar-refractivity contribution in [2.75, 3.05) is 44.4 Å². The highest BCUT2D eigenvalue weighted by atomic mass is 35.5. The molecule has 2 saturated heterocycles. The van der Waals surface area contributed by atoms with Gasteiger partial charge in [-0.1, -0.05) is 18.5 Å². The van der Waals surface area contributed by atoms with E-state index in [0.717, 1.165) is 49.8 Å². The van der Waals surface area contributed by atoms with Gasteiger partial charge in [0.05, 0.1) is 13.2 Å². The smallest absolute Gasteiger partial charge is 0.246 e. The highest BCUT2D eigenvalue weighted by Gasteiger charge is 2.41. The molecular weight excluding hydrogens is 424 g/mol. The van der Waals surface area contributed by atoms with Crippen LogP contribution in [0.4, 0.5) is 0 Å². The first-order valence-electron chi connectivity index (χ1n) is 10.3. The molecule has 2 fully saturated rings. The van der Waals surface area contributed by atoms with Crippen LogP contribution in [-0.2, 0) is 9.53 Å². The lowest BCUT2D eigenvalue weighted by molar-refractivity contribution is -0.126. The summed E-state index contributed by atoms with van der Waals surface area (Å²) in [5, 5.41) is 16.6. The van der Waals surface area contributed by atoms with Crippen LogP contribution in [0.1, 0.15) is 25.8 Å². The number of nitrogens with zero attached hydrogens (tertiary/aromatic N) is 5. The summed E-state index contributed by atoms with van der Waals surface area (Å²) in [7, 11) is 0. The van der Waals surface area contributed by atoms with Crippen LogP contribution in [0, 0.1) is 0 Å². The Morgan fingerprint density at radius 2 is 2.10 bits per heavy atom. The molecule has 1 amide bonds. The molecule has 0 saturated carbocycles. The third-order valence-corrected chi connectivity index (χ3v) is 7.34. The minimum atomic E-state index is -0.491.